The van der Waals surface area contributed by atoms with Crippen molar-refractivity contribution in [1.29, 1.82) is 0 Å². The number of nitrogens with one attached hydrogen (secondary N) is 1. The Kier molecular flexibility index (Phi) is 5.43. The van der Waals surface area contributed by atoms with Gasteiger partial charge in [-0.25, -0.2) is 0 Å². The lowest BCUT2D eigenvalue weighted by atomic mass is 9.83. The number of piperidine rings is 1. The van der Waals surface area contributed by atoms with Crippen molar-refractivity contribution in [3.05, 3.63) is 24.3 Å². The molecule has 1 saturated carbocycles. The van der Waals surface area contributed by atoms with Gasteiger partial charge in [0.25, 0.3) is 0 Å². The minimum atomic E-state index is 0.0137. The van der Waals surface area contributed by atoms with Gasteiger partial charge in [0.1, 0.15) is 0 Å². The number of carbonyl (C=O) groups excluding carboxylic acids is 2. The highest BCUT2D eigenvalue weighted by Crippen LogP contribution is 2.30. The first-order chi connectivity index (χ1) is 11.6. The molecule has 1 aliphatic heterocycles. The first kappa shape index (κ1) is 16.9. The van der Waals surface area contributed by atoms with Crippen LogP contribution in [0.3, 0.4) is 0 Å². The molecule has 2 heterocycles. The molecule has 2 aliphatic rings. The van der Waals surface area contributed by atoms with Crippen molar-refractivity contribution in [2.24, 2.45) is 11.8 Å². The van der Waals surface area contributed by atoms with Crippen molar-refractivity contribution in [3.63, 3.8) is 0 Å². The predicted molar refractivity (Wildman–Crippen MR) is 90.0 cm³/mol. The van der Waals surface area contributed by atoms with E-state index < -0.39 is 0 Å². The van der Waals surface area contributed by atoms with E-state index in [2.05, 4.69) is 15.3 Å². The third kappa shape index (κ3) is 4.10. The highest BCUT2D eigenvalue weighted by molar-refractivity contribution is 5.81. The zero-order valence-electron chi connectivity index (χ0n) is 14.3. The molecule has 0 spiro atoms. The molecule has 0 radical (unpaired) electrons. The lowest BCUT2D eigenvalue weighted by molar-refractivity contribution is -0.141. The van der Waals surface area contributed by atoms with Gasteiger partial charge in [0.2, 0.25) is 11.8 Å². The largest absolute Gasteiger partial charge is 0.353 e. The van der Waals surface area contributed by atoms with Crippen LogP contribution < -0.4 is 5.32 Å². The summed E-state index contributed by atoms with van der Waals surface area (Å²) in [6, 6.07) is 0.0313. The second kappa shape index (κ2) is 7.73. The Morgan fingerprint density at radius 1 is 1.21 bits per heavy atom. The van der Waals surface area contributed by atoms with Crippen LogP contribution in [-0.4, -0.2) is 45.8 Å². The second-order valence-corrected chi connectivity index (χ2v) is 7.04. The quantitative estimate of drug-likeness (QED) is 0.889. The standard InChI is InChI=1S/C18H26N4O2/c1-13(11-16-12-19-7-8-20-16)21-17(23)14-5-9-22(10-6-14)18(24)15-3-2-4-15/h7-8,12-15H,2-6,9-11H2,1H3,(H,21,23)/t13-/m1/s1. The molecule has 0 unspecified atom stereocenters. The van der Waals surface area contributed by atoms with Crippen molar-refractivity contribution >= 4 is 11.8 Å². The summed E-state index contributed by atoms with van der Waals surface area (Å²) >= 11 is 0. The monoisotopic (exact) mass is 330 g/mol. The number of likely N-dealkylation sites (tertiary alicyclic amines) is 1. The van der Waals surface area contributed by atoms with E-state index in [0.29, 0.717) is 25.4 Å². The molecule has 3 rings (SSSR count). The van der Waals surface area contributed by atoms with Crippen LogP contribution in [0.15, 0.2) is 18.6 Å². The topological polar surface area (TPSA) is 75.2 Å². The zero-order chi connectivity index (χ0) is 16.9. The van der Waals surface area contributed by atoms with E-state index >= 15 is 0 Å². The first-order valence-corrected chi connectivity index (χ1v) is 8.97. The van der Waals surface area contributed by atoms with Crippen LogP contribution >= 0.6 is 0 Å². The van der Waals surface area contributed by atoms with Gasteiger partial charge in [0, 0.05) is 56.0 Å². The van der Waals surface area contributed by atoms with Crippen molar-refractivity contribution < 1.29 is 9.59 Å². The summed E-state index contributed by atoms with van der Waals surface area (Å²) in [5.74, 6) is 0.667. The molecule has 1 saturated heterocycles. The van der Waals surface area contributed by atoms with Gasteiger partial charge >= 0.3 is 0 Å². The summed E-state index contributed by atoms with van der Waals surface area (Å²) in [7, 11) is 0. The maximum atomic E-state index is 12.4. The molecule has 6 nitrogen and oxygen atoms in total. The molecule has 1 atom stereocenters. The average molecular weight is 330 g/mol. The van der Waals surface area contributed by atoms with Crippen molar-refractivity contribution in [3.8, 4) is 0 Å². The van der Waals surface area contributed by atoms with Gasteiger partial charge < -0.3 is 10.2 Å². The molecule has 1 aliphatic carbocycles. The predicted octanol–water partition coefficient (Wildman–Crippen LogP) is 1.56. The fourth-order valence-electron chi connectivity index (χ4n) is 3.44. The van der Waals surface area contributed by atoms with Crippen molar-refractivity contribution in [1.82, 2.24) is 20.2 Å². The van der Waals surface area contributed by atoms with Gasteiger partial charge in [-0.1, -0.05) is 6.42 Å². The summed E-state index contributed by atoms with van der Waals surface area (Å²) in [4.78, 5) is 34.9. The highest BCUT2D eigenvalue weighted by atomic mass is 16.2. The molecule has 0 aromatic carbocycles. The normalized spacial score (nSPS) is 20.3. The van der Waals surface area contributed by atoms with E-state index in [4.69, 9.17) is 0 Å². The van der Waals surface area contributed by atoms with Crippen LogP contribution in [-0.2, 0) is 16.0 Å². The van der Waals surface area contributed by atoms with Crippen LogP contribution in [0, 0.1) is 11.8 Å². The summed E-state index contributed by atoms with van der Waals surface area (Å²) in [6.07, 6.45) is 10.5. The van der Waals surface area contributed by atoms with Crippen LogP contribution in [0.25, 0.3) is 0 Å². The number of amides is 2. The summed E-state index contributed by atoms with van der Waals surface area (Å²) in [5.41, 5.74) is 0.881. The lowest BCUT2D eigenvalue weighted by Crippen LogP contribution is -2.47. The van der Waals surface area contributed by atoms with E-state index in [9.17, 15) is 9.59 Å². The lowest BCUT2D eigenvalue weighted by Gasteiger charge is -2.36. The third-order valence-corrected chi connectivity index (χ3v) is 5.15. The molecular formula is C18H26N4O2. The molecule has 2 fully saturated rings. The van der Waals surface area contributed by atoms with E-state index in [1.54, 1.807) is 18.6 Å². The summed E-state index contributed by atoms with van der Waals surface area (Å²) in [6.45, 7) is 3.42. The van der Waals surface area contributed by atoms with Crippen molar-refractivity contribution in [2.45, 2.75) is 51.5 Å². The summed E-state index contributed by atoms with van der Waals surface area (Å²) < 4.78 is 0. The van der Waals surface area contributed by atoms with E-state index in [0.717, 1.165) is 31.4 Å². The number of rotatable bonds is 5. The molecule has 0 bridgehead atoms. The highest BCUT2D eigenvalue weighted by Gasteiger charge is 2.33. The Balaban J connectivity index is 1.42. The minimum absolute atomic E-state index is 0.0137. The second-order valence-electron chi connectivity index (χ2n) is 7.04. The van der Waals surface area contributed by atoms with Gasteiger partial charge in [-0.3, -0.25) is 19.6 Å². The molecule has 2 amide bonds. The van der Waals surface area contributed by atoms with Gasteiger partial charge in [-0.2, -0.15) is 0 Å². The van der Waals surface area contributed by atoms with Gasteiger partial charge in [0.15, 0.2) is 0 Å². The Morgan fingerprint density at radius 3 is 2.54 bits per heavy atom. The van der Waals surface area contributed by atoms with Crippen molar-refractivity contribution in [2.75, 3.05) is 13.1 Å². The SMILES string of the molecule is C[C@H](Cc1cnccn1)NC(=O)C1CCN(C(=O)C2CCC2)CC1. The average Bonchev–Trinajstić information content (AvgIpc) is 2.54. The Bertz CT molecular complexity index is 566. The molecular weight excluding hydrogens is 304 g/mol. The van der Waals surface area contributed by atoms with E-state index in [1.807, 2.05) is 11.8 Å². The number of aromatic nitrogens is 2. The smallest absolute Gasteiger partial charge is 0.225 e. The fraction of sp³-hybridized carbons (Fsp3) is 0.667. The fourth-order valence-corrected chi connectivity index (χ4v) is 3.44. The molecule has 24 heavy (non-hydrogen) atoms. The third-order valence-electron chi connectivity index (χ3n) is 5.15. The number of hydrogen-bond acceptors (Lipinski definition) is 4. The molecule has 6 heteroatoms. The number of hydrogen-bond donors (Lipinski definition) is 1. The maximum Gasteiger partial charge on any atom is 0.225 e. The van der Waals surface area contributed by atoms with Gasteiger partial charge in [-0.05, 0) is 32.6 Å². The maximum absolute atomic E-state index is 12.4. The van der Waals surface area contributed by atoms with Crippen LogP contribution in [0.1, 0.15) is 44.7 Å². The van der Waals surface area contributed by atoms with Gasteiger partial charge in [-0.15, -0.1) is 0 Å². The van der Waals surface area contributed by atoms with Crippen LogP contribution in [0.4, 0.5) is 0 Å². The van der Waals surface area contributed by atoms with Gasteiger partial charge in [0.05, 0.1) is 5.69 Å². The molecule has 130 valence electrons. The minimum Gasteiger partial charge on any atom is -0.353 e. The molecule has 1 N–H and O–H groups in total. The molecule has 1 aromatic rings. The number of carbonyl (C=O) groups is 2. The van der Waals surface area contributed by atoms with Crippen LogP contribution in [0.2, 0.25) is 0 Å². The number of nitrogens with zero attached hydrogens (tertiary/aromatic N) is 3. The Morgan fingerprint density at radius 2 is 1.96 bits per heavy atom. The van der Waals surface area contributed by atoms with Crippen LogP contribution in [0.5, 0.6) is 0 Å². The first-order valence-electron chi connectivity index (χ1n) is 8.97. The molecule has 1 aromatic heterocycles. The Hall–Kier alpha value is -1.98. The zero-order valence-corrected chi connectivity index (χ0v) is 14.3. The van der Waals surface area contributed by atoms with E-state index in [1.165, 1.54) is 6.42 Å². The Labute approximate surface area is 143 Å². The summed E-state index contributed by atoms with van der Waals surface area (Å²) in [5, 5.41) is 3.08. The van der Waals surface area contributed by atoms with E-state index in [-0.39, 0.29) is 23.8 Å².